The first-order valence-corrected chi connectivity index (χ1v) is 10.0. The van der Waals surface area contributed by atoms with Crippen molar-refractivity contribution in [2.45, 2.75) is 6.10 Å². The predicted octanol–water partition coefficient (Wildman–Crippen LogP) is 1.12. The van der Waals surface area contributed by atoms with Crippen LogP contribution in [0.25, 0.3) is 0 Å². The van der Waals surface area contributed by atoms with E-state index in [2.05, 4.69) is 4.98 Å². The topological polar surface area (TPSA) is 79.8 Å². The van der Waals surface area contributed by atoms with Crippen LogP contribution < -0.4 is 0 Å². The quantitative estimate of drug-likeness (QED) is 0.703. The van der Waals surface area contributed by atoms with E-state index in [1.807, 2.05) is 0 Å². The summed E-state index contributed by atoms with van der Waals surface area (Å²) < 4.78 is 30.7. The van der Waals surface area contributed by atoms with Crippen molar-refractivity contribution in [3.63, 3.8) is 0 Å². The van der Waals surface area contributed by atoms with E-state index in [1.54, 1.807) is 4.90 Å². The molecule has 2 atom stereocenters. The van der Waals surface area contributed by atoms with E-state index in [1.165, 1.54) is 22.8 Å². The van der Waals surface area contributed by atoms with Gasteiger partial charge in [0.1, 0.15) is 5.15 Å². The van der Waals surface area contributed by atoms with Gasteiger partial charge < -0.3 is 9.64 Å². The lowest BCUT2D eigenvalue weighted by molar-refractivity contribution is 0.0492. The number of pyridine rings is 1. The van der Waals surface area contributed by atoms with Crippen LogP contribution in [-0.4, -0.2) is 73.7 Å². The Bertz CT molecular complexity index is 758. The number of rotatable bonds is 2. The molecule has 0 radical (unpaired) electrons. The smallest absolute Gasteiger partial charge is 0.257 e. The number of ether oxygens (including phenoxy) is 1. The number of amides is 1. The summed E-state index contributed by atoms with van der Waals surface area (Å²) in [6.07, 6.45) is 2.36. The van der Waals surface area contributed by atoms with Crippen LogP contribution in [0.5, 0.6) is 0 Å². The van der Waals surface area contributed by atoms with Crippen LogP contribution >= 0.6 is 23.2 Å². The molecule has 24 heavy (non-hydrogen) atoms. The van der Waals surface area contributed by atoms with Crippen molar-refractivity contribution in [2.75, 3.05) is 39.0 Å². The molecule has 2 aliphatic rings. The zero-order valence-electron chi connectivity index (χ0n) is 13.0. The van der Waals surface area contributed by atoms with Gasteiger partial charge in [-0.2, -0.15) is 4.31 Å². The number of halogens is 2. The van der Waals surface area contributed by atoms with E-state index in [-0.39, 0.29) is 33.7 Å². The summed E-state index contributed by atoms with van der Waals surface area (Å²) in [5.41, 5.74) is 0.275. The van der Waals surface area contributed by atoms with Gasteiger partial charge >= 0.3 is 0 Å². The molecular weight excluding hydrogens is 377 g/mol. The van der Waals surface area contributed by atoms with E-state index in [9.17, 15) is 13.2 Å². The van der Waals surface area contributed by atoms with Gasteiger partial charge in [0.2, 0.25) is 10.0 Å². The van der Waals surface area contributed by atoms with Gasteiger partial charge in [-0.05, 0) is 6.07 Å². The second kappa shape index (κ2) is 6.76. The lowest BCUT2D eigenvalue weighted by atomic mass is 10.1. The van der Waals surface area contributed by atoms with Gasteiger partial charge in [-0.1, -0.05) is 23.2 Å². The fourth-order valence-corrected chi connectivity index (χ4v) is 4.38. The van der Waals surface area contributed by atoms with Gasteiger partial charge in [-0.15, -0.1) is 0 Å². The molecule has 3 rings (SSSR count). The summed E-state index contributed by atoms with van der Waals surface area (Å²) in [7, 11) is -3.29. The third kappa shape index (κ3) is 3.67. The van der Waals surface area contributed by atoms with E-state index in [4.69, 9.17) is 27.9 Å². The predicted molar refractivity (Wildman–Crippen MR) is 89.8 cm³/mol. The Morgan fingerprint density at radius 2 is 2.08 bits per heavy atom. The molecule has 1 aromatic rings. The highest BCUT2D eigenvalue weighted by Crippen LogP contribution is 2.28. The number of aromatic nitrogens is 1. The number of hydrogen-bond acceptors (Lipinski definition) is 5. The number of hydrogen-bond donors (Lipinski definition) is 0. The van der Waals surface area contributed by atoms with Gasteiger partial charge in [0.05, 0.1) is 29.6 Å². The maximum atomic E-state index is 12.7. The number of sulfonamides is 1. The van der Waals surface area contributed by atoms with Crippen molar-refractivity contribution in [2.24, 2.45) is 5.92 Å². The maximum absolute atomic E-state index is 12.7. The third-order valence-electron chi connectivity index (χ3n) is 4.30. The molecule has 2 aliphatic heterocycles. The normalized spacial score (nSPS) is 25.4. The van der Waals surface area contributed by atoms with Crippen LogP contribution in [0.15, 0.2) is 12.3 Å². The molecule has 0 spiro atoms. The lowest BCUT2D eigenvalue weighted by Gasteiger charge is -2.21. The van der Waals surface area contributed by atoms with Crippen LogP contribution in [0.3, 0.4) is 0 Å². The van der Waals surface area contributed by atoms with Crippen molar-refractivity contribution < 1.29 is 17.9 Å². The number of carbonyl (C=O) groups is 1. The first kappa shape index (κ1) is 17.9. The van der Waals surface area contributed by atoms with Crippen molar-refractivity contribution in [3.8, 4) is 0 Å². The summed E-state index contributed by atoms with van der Waals surface area (Å²) in [6.45, 7) is 1.82. The molecule has 0 aromatic carbocycles. The molecule has 10 heteroatoms. The van der Waals surface area contributed by atoms with E-state index in [0.717, 1.165) is 0 Å². The Balaban J connectivity index is 1.76. The van der Waals surface area contributed by atoms with Crippen LogP contribution in [0, 0.1) is 5.92 Å². The monoisotopic (exact) mass is 393 g/mol. The second-order valence-corrected chi connectivity index (χ2v) is 8.76. The van der Waals surface area contributed by atoms with Crippen LogP contribution in [-0.2, 0) is 14.8 Å². The number of likely N-dealkylation sites (tertiary alicyclic amines) is 1. The summed E-state index contributed by atoms with van der Waals surface area (Å²) in [6, 6.07) is 1.42. The largest absolute Gasteiger partial charge is 0.375 e. The number of carbonyl (C=O) groups excluding carboxylic acids is 1. The maximum Gasteiger partial charge on any atom is 0.257 e. The number of fused-ring (bicyclic) bond motifs is 1. The van der Waals surface area contributed by atoms with Crippen LogP contribution in [0.1, 0.15) is 10.4 Å². The molecule has 0 aliphatic carbocycles. The summed E-state index contributed by atoms with van der Waals surface area (Å²) >= 11 is 11.8. The Labute approximate surface area is 150 Å². The highest BCUT2D eigenvalue weighted by Gasteiger charge is 2.40. The summed E-state index contributed by atoms with van der Waals surface area (Å²) in [5.74, 6) is -0.322. The van der Waals surface area contributed by atoms with E-state index < -0.39 is 10.0 Å². The molecular formula is C14H17Cl2N3O4S. The van der Waals surface area contributed by atoms with Gasteiger partial charge in [-0.3, -0.25) is 4.79 Å². The fraction of sp³-hybridized carbons (Fsp3) is 0.571. The van der Waals surface area contributed by atoms with Crippen molar-refractivity contribution >= 4 is 39.1 Å². The zero-order chi connectivity index (χ0) is 17.5. The molecule has 1 aromatic heterocycles. The molecule has 2 fully saturated rings. The molecule has 7 nitrogen and oxygen atoms in total. The minimum atomic E-state index is -3.29. The van der Waals surface area contributed by atoms with Gasteiger partial charge in [0.15, 0.2) is 0 Å². The average Bonchev–Trinajstić information content (AvgIpc) is 2.77. The average molecular weight is 394 g/mol. The molecule has 1 amide bonds. The molecule has 0 bridgehead atoms. The highest BCUT2D eigenvalue weighted by molar-refractivity contribution is 7.88. The molecule has 2 saturated heterocycles. The summed E-state index contributed by atoms with van der Waals surface area (Å²) in [4.78, 5) is 18.2. The Morgan fingerprint density at radius 1 is 1.33 bits per heavy atom. The van der Waals surface area contributed by atoms with Crippen molar-refractivity contribution in [1.29, 1.82) is 0 Å². The number of nitrogens with zero attached hydrogens (tertiary/aromatic N) is 3. The molecule has 0 saturated carbocycles. The molecule has 132 valence electrons. The summed E-state index contributed by atoms with van der Waals surface area (Å²) in [5, 5.41) is 0.459. The highest BCUT2D eigenvalue weighted by atomic mass is 35.5. The van der Waals surface area contributed by atoms with Gasteiger partial charge in [0, 0.05) is 38.3 Å². The Morgan fingerprint density at radius 3 is 2.75 bits per heavy atom. The Hall–Kier alpha value is -0.930. The zero-order valence-corrected chi connectivity index (χ0v) is 15.3. The SMILES string of the molecule is CS(=O)(=O)N1CCO[C@@H]2CN(C(=O)c3cnc(Cl)cc3Cl)C[C@@H]2C1. The Kier molecular flexibility index (Phi) is 5.04. The minimum Gasteiger partial charge on any atom is -0.375 e. The first-order chi connectivity index (χ1) is 11.3. The standard InChI is InChI=1S/C14H17Cl2N3O4S/c1-24(21,22)19-2-3-23-12-8-18(6-9(12)7-19)14(20)10-5-17-13(16)4-11(10)15/h4-5,9,12H,2-3,6-8H2,1H3/t9-,12-/m1/s1. The molecule has 3 heterocycles. The van der Waals surface area contributed by atoms with Gasteiger partial charge in [0.25, 0.3) is 5.91 Å². The minimum absolute atomic E-state index is 0.0646. The lowest BCUT2D eigenvalue weighted by Crippen LogP contribution is -2.37. The van der Waals surface area contributed by atoms with Crippen LogP contribution in [0.4, 0.5) is 0 Å². The fourth-order valence-electron chi connectivity index (χ4n) is 3.07. The molecule has 0 N–H and O–H groups in total. The van der Waals surface area contributed by atoms with Crippen molar-refractivity contribution in [3.05, 3.63) is 28.0 Å². The van der Waals surface area contributed by atoms with Gasteiger partial charge in [-0.25, -0.2) is 13.4 Å². The van der Waals surface area contributed by atoms with E-state index in [0.29, 0.717) is 32.8 Å². The molecule has 0 unspecified atom stereocenters. The third-order valence-corrected chi connectivity index (χ3v) is 6.09. The van der Waals surface area contributed by atoms with E-state index >= 15 is 0 Å². The van der Waals surface area contributed by atoms with Crippen molar-refractivity contribution in [1.82, 2.24) is 14.2 Å². The first-order valence-electron chi connectivity index (χ1n) is 7.43. The van der Waals surface area contributed by atoms with Crippen LogP contribution in [0.2, 0.25) is 10.2 Å². The second-order valence-electron chi connectivity index (χ2n) is 5.99.